The quantitative estimate of drug-likeness (QED) is 0.617. The molecule has 4 aromatic rings. The molecule has 5 heteroatoms. The number of pyridine rings is 1. The average Bonchev–Trinajstić information content (AvgIpc) is 3.12. The second-order valence-electron chi connectivity index (χ2n) is 5.24. The highest BCUT2D eigenvalue weighted by Crippen LogP contribution is 2.21. The summed E-state index contributed by atoms with van der Waals surface area (Å²) in [6.45, 7) is 0. The van der Waals surface area contributed by atoms with Gasteiger partial charge in [0.15, 0.2) is 0 Å². The first-order valence-corrected chi connectivity index (χ1v) is 7.01. The number of aromatic nitrogens is 3. The van der Waals surface area contributed by atoms with Gasteiger partial charge in [-0.3, -0.25) is 4.79 Å². The molecule has 5 nitrogen and oxygen atoms in total. The van der Waals surface area contributed by atoms with E-state index in [4.69, 9.17) is 0 Å². The highest BCUT2D eigenvalue weighted by atomic mass is 16.1. The van der Waals surface area contributed by atoms with Crippen molar-refractivity contribution in [2.75, 3.05) is 5.32 Å². The summed E-state index contributed by atoms with van der Waals surface area (Å²) in [6.07, 6.45) is 5.41. The van der Waals surface area contributed by atoms with Crippen LogP contribution in [0.3, 0.4) is 0 Å². The van der Waals surface area contributed by atoms with Gasteiger partial charge in [0.2, 0.25) is 0 Å². The lowest BCUT2D eigenvalue weighted by molar-refractivity contribution is 0.102. The average molecular weight is 290 g/mol. The third-order valence-electron chi connectivity index (χ3n) is 3.82. The molecule has 0 spiro atoms. The Labute approximate surface area is 126 Å². The van der Waals surface area contributed by atoms with Crippen molar-refractivity contribution in [3.63, 3.8) is 0 Å². The van der Waals surface area contributed by atoms with Crippen molar-refractivity contribution in [1.82, 2.24) is 14.2 Å². The zero-order valence-corrected chi connectivity index (χ0v) is 12.0. The summed E-state index contributed by atoms with van der Waals surface area (Å²) in [5.74, 6) is -0.158. The van der Waals surface area contributed by atoms with Gasteiger partial charge in [-0.25, -0.2) is 4.52 Å². The van der Waals surface area contributed by atoms with Crippen LogP contribution in [0.5, 0.6) is 0 Å². The molecular weight excluding hydrogens is 276 g/mol. The van der Waals surface area contributed by atoms with Gasteiger partial charge in [0.25, 0.3) is 5.91 Å². The van der Waals surface area contributed by atoms with Crippen LogP contribution in [0.25, 0.3) is 16.4 Å². The first-order valence-electron chi connectivity index (χ1n) is 7.01. The molecule has 0 atom stereocenters. The van der Waals surface area contributed by atoms with E-state index in [1.165, 1.54) is 0 Å². The van der Waals surface area contributed by atoms with Gasteiger partial charge in [-0.2, -0.15) is 5.10 Å². The molecule has 0 bridgehead atoms. The van der Waals surface area contributed by atoms with Crippen molar-refractivity contribution in [1.29, 1.82) is 0 Å². The third-order valence-corrected chi connectivity index (χ3v) is 3.82. The molecular formula is C17H14N4O. The van der Waals surface area contributed by atoms with Gasteiger partial charge < -0.3 is 9.88 Å². The summed E-state index contributed by atoms with van der Waals surface area (Å²) in [6, 6.07) is 13.6. The van der Waals surface area contributed by atoms with Crippen LogP contribution in [0.4, 0.5) is 5.69 Å². The molecule has 3 heterocycles. The van der Waals surface area contributed by atoms with Crippen molar-refractivity contribution >= 4 is 28.0 Å². The highest BCUT2D eigenvalue weighted by molar-refractivity contribution is 6.09. The van der Waals surface area contributed by atoms with E-state index < -0.39 is 0 Å². The lowest BCUT2D eigenvalue weighted by Gasteiger charge is -2.05. The number of fused-ring (bicyclic) bond motifs is 2. The number of carbonyl (C=O) groups excluding carboxylic acids is 1. The molecule has 22 heavy (non-hydrogen) atoms. The lowest BCUT2D eigenvalue weighted by atomic mass is 10.2. The minimum Gasteiger partial charge on any atom is -0.350 e. The van der Waals surface area contributed by atoms with E-state index >= 15 is 0 Å². The fourth-order valence-electron chi connectivity index (χ4n) is 2.65. The van der Waals surface area contributed by atoms with E-state index in [0.29, 0.717) is 5.56 Å². The molecule has 108 valence electrons. The number of hydrogen-bond acceptors (Lipinski definition) is 2. The molecule has 0 saturated heterocycles. The van der Waals surface area contributed by atoms with Gasteiger partial charge in [0.1, 0.15) is 0 Å². The van der Waals surface area contributed by atoms with Crippen molar-refractivity contribution in [3.05, 3.63) is 66.6 Å². The summed E-state index contributed by atoms with van der Waals surface area (Å²) >= 11 is 0. The van der Waals surface area contributed by atoms with E-state index in [1.807, 2.05) is 66.5 Å². The Morgan fingerprint density at radius 1 is 1.09 bits per heavy atom. The Morgan fingerprint density at radius 2 is 2.00 bits per heavy atom. The molecule has 0 aliphatic heterocycles. The Bertz CT molecular complexity index is 996. The van der Waals surface area contributed by atoms with E-state index in [0.717, 1.165) is 22.1 Å². The lowest BCUT2D eigenvalue weighted by Crippen LogP contribution is -2.11. The number of aryl methyl sites for hydroxylation is 1. The molecule has 0 fully saturated rings. The van der Waals surface area contributed by atoms with Gasteiger partial charge in [-0.15, -0.1) is 0 Å². The van der Waals surface area contributed by atoms with Gasteiger partial charge in [0.05, 0.1) is 17.3 Å². The maximum absolute atomic E-state index is 12.5. The minimum atomic E-state index is -0.158. The van der Waals surface area contributed by atoms with Crippen LogP contribution in [-0.2, 0) is 7.05 Å². The third kappa shape index (κ3) is 1.95. The zero-order chi connectivity index (χ0) is 15.1. The van der Waals surface area contributed by atoms with Crippen molar-refractivity contribution < 1.29 is 4.79 Å². The number of rotatable bonds is 2. The van der Waals surface area contributed by atoms with E-state index in [-0.39, 0.29) is 5.91 Å². The van der Waals surface area contributed by atoms with E-state index in [1.54, 1.807) is 10.7 Å². The second kappa shape index (κ2) is 4.73. The molecule has 0 saturated carbocycles. The van der Waals surface area contributed by atoms with Crippen LogP contribution in [0.1, 0.15) is 10.4 Å². The van der Waals surface area contributed by atoms with Crippen LogP contribution in [0.2, 0.25) is 0 Å². The Kier molecular flexibility index (Phi) is 2.72. The van der Waals surface area contributed by atoms with Crippen molar-refractivity contribution in [3.8, 4) is 0 Å². The molecule has 1 aromatic carbocycles. The number of nitrogens with one attached hydrogen (secondary N) is 1. The molecule has 0 aliphatic rings. The highest BCUT2D eigenvalue weighted by Gasteiger charge is 2.12. The Balaban J connectivity index is 1.69. The van der Waals surface area contributed by atoms with Gasteiger partial charge in [-0.05, 0) is 35.7 Å². The zero-order valence-electron chi connectivity index (χ0n) is 12.0. The van der Waals surface area contributed by atoms with Crippen LogP contribution in [-0.4, -0.2) is 20.1 Å². The monoisotopic (exact) mass is 290 g/mol. The molecule has 1 amide bonds. The number of anilines is 1. The van der Waals surface area contributed by atoms with Crippen LogP contribution >= 0.6 is 0 Å². The van der Waals surface area contributed by atoms with Crippen LogP contribution in [0.15, 0.2) is 61.1 Å². The number of carbonyl (C=O) groups is 1. The fraction of sp³-hybridized carbons (Fsp3) is 0.0588. The summed E-state index contributed by atoms with van der Waals surface area (Å²) in [4.78, 5) is 12.5. The second-order valence-corrected chi connectivity index (χ2v) is 5.24. The fourth-order valence-corrected chi connectivity index (χ4v) is 2.65. The van der Waals surface area contributed by atoms with Gasteiger partial charge >= 0.3 is 0 Å². The van der Waals surface area contributed by atoms with Gasteiger partial charge in [0, 0.05) is 30.6 Å². The van der Waals surface area contributed by atoms with E-state index in [2.05, 4.69) is 10.4 Å². The Morgan fingerprint density at radius 3 is 2.91 bits per heavy atom. The maximum Gasteiger partial charge on any atom is 0.259 e. The molecule has 0 aliphatic carbocycles. The first kappa shape index (κ1) is 12.6. The number of nitrogens with zero attached hydrogens (tertiary/aromatic N) is 3. The summed E-state index contributed by atoms with van der Waals surface area (Å²) in [5.41, 5.74) is 3.21. The van der Waals surface area contributed by atoms with E-state index in [9.17, 15) is 4.79 Å². The predicted molar refractivity (Wildman–Crippen MR) is 86.1 cm³/mol. The van der Waals surface area contributed by atoms with Crippen molar-refractivity contribution in [2.24, 2.45) is 7.05 Å². The summed E-state index contributed by atoms with van der Waals surface area (Å²) < 4.78 is 3.72. The minimum absolute atomic E-state index is 0.158. The smallest absolute Gasteiger partial charge is 0.259 e. The molecule has 0 unspecified atom stereocenters. The first-order chi connectivity index (χ1) is 10.7. The van der Waals surface area contributed by atoms with Crippen LogP contribution in [0, 0.1) is 0 Å². The predicted octanol–water partition coefficient (Wildman–Crippen LogP) is 3.08. The largest absolute Gasteiger partial charge is 0.350 e. The van der Waals surface area contributed by atoms with Gasteiger partial charge in [-0.1, -0.05) is 12.1 Å². The molecule has 4 rings (SSSR count). The normalized spacial score (nSPS) is 11.1. The number of amides is 1. The van der Waals surface area contributed by atoms with Crippen LogP contribution < -0.4 is 5.32 Å². The topological polar surface area (TPSA) is 51.3 Å². The molecule has 1 N–H and O–H groups in total. The molecule has 0 radical (unpaired) electrons. The Hall–Kier alpha value is -3.08. The summed E-state index contributed by atoms with van der Waals surface area (Å²) in [5, 5.41) is 8.28. The van der Waals surface area contributed by atoms with Crippen molar-refractivity contribution in [2.45, 2.75) is 0 Å². The number of benzene rings is 1. The number of hydrogen-bond donors (Lipinski definition) is 1. The summed E-state index contributed by atoms with van der Waals surface area (Å²) in [7, 11) is 1.99. The standard InChI is InChI=1S/C17H14N4O/c1-20-9-7-12-5-6-13(10-16(12)20)19-17(22)14-11-18-21-8-3-2-4-15(14)21/h2-11H,1H3,(H,19,22). The SMILES string of the molecule is Cn1ccc2ccc(NC(=O)c3cnn4ccccc34)cc21. The maximum atomic E-state index is 12.5. The molecule has 3 aromatic heterocycles.